The summed E-state index contributed by atoms with van der Waals surface area (Å²) in [4.78, 5) is 14.9. The van der Waals surface area contributed by atoms with Crippen molar-refractivity contribution in [1.82, 2.24) is 9.62 Å². The molecule has 0 radical (unpaired) electrons. The maximum atomic E-state index is 12.9. The van der Waals surface area contributed by atoms with E-state index in [2.05, 4.69) is 4.72 Å². The molecule has 0 bridgehead atoms. The maximum absolute atomic E-state index is 12.9. The number of hydrogen-bond acceptors (Lipinski definition) is 3. The van der Waals surface area contributed by atoms with Crippen molar-refractivity contribution in [2.75, 3.05) is 13.1 Å². The molecule has 1 amide bonds. The molecule has 1 N–H and O–H groups in total. The molecule has 2 aliphatic rings. The van der Waals surface area contributed by atoms with Crippen molar-refractivity contribution in [1.29, 1.82) is 0 Å². The van der Waals surface area contributed by atoms with Gasteiger partial charge in [0.25, 0.3) is 0 Å². The Morgan fingerprint density at radius 1 is 1.04 bits per heavy atom. The van der Waals surface area contributed by atoms with Crippen molar-refractivity contribution in [3.05, 3.63) is 28.8 Å². The summed E-state index contributed by atoms with van der Waals surface area (Å²) < 4.78 is 28.6. The predicted molar refractivity (Wildman–Crippen MR) is 103 cm³/mol. The summed E-state index contributed by atoms with van der Waals surface area (Å²) in [5.74, 6) is 0.356. The van der Waals surface area contributed by atoms with Crippen LogP contribution < -0.4 is 4.72 Å². The lowest BCUT2D eigenvalue weighted by Crippen LogP contribution is -2.40. The number of amides is 1. The molecule has 1 aromatic rings. The van der Waals surface area contributed by atoms with E-state index in [1.807, 2.05) is 37.8 Å². The average molecular weight is 379 g/mol. The molecule has 1 unspecified atom stereocenters. The molecule has 5 nitrogen and oxygen atoms in total. The molecule has 1 aliphatic carbocycles. The molecule has 0 spiro atoms. The van der Waals surface area contributed by atoms with Crippen molar-refractivity contribution in [3.8, 4) is 0 Å². The van der Waals surface area contributed by atoms with Crippen LogP contribution >= 0.6 is 0 Å². The molecule has 26 heavy (non-hydrogen) atoms. The van der Waals surface area contributed by atoms with E-state index in [0.717, 1.165) is 42.4 Å². The lowest BCUT2D eigenvalue weighted by molar-refractivity contribution is -0.135. The van der Waals surface area contributed by atoms with Crippen molar-refractivity contribution >= 4 is 15.9 Å². The quantitative estimate of drug-likeness (QED) is 0.876. The third-order valence-corrected chi connectivity index (χ3v) is 7.47. The Balaban J connectivity index is 1.67. The van der Waals surface area contributed by atoms with Gasteiger partial charge in [-0.05, 0) is 51.2 Å². The van der Waals surface area contributed by atoms with Crippen LogP contribution in [0.5, 0.6) is 0 Å². The van der Waals surface area contributed by atoms with Gasteiger partial charge in [0, 0.05) is 25.0 Å². The van der Waals surface area contributed by atoms with Crippen LogP contribution in [0.1, 0.15) is 55.2 Å². The Labute approximate surface area is 157 Å². The molecule has 6 heteroatoms. The zero-order valence-electron chi connectivity index (χ0n) is 16.0. The van der Waals surface area contributed by atoms with E-state index in [4.69, 9.17) is 0 Å². The molecule has 1 atom stereocenters. The first-order valence-corrected chi connectivity index (χ1v) is 11.1. The van der Waals surface area contributed by atoms with Crippen LogP contribution in [0.15, 0.2) is 17.0 Å². The summed E-state index contributed by atoms with van der Waals surface area (Å²) in [6, 6.07) is 3.59. The summed E-state index contributed by atoms with van der Waals surface area (Å²) in [6.45, 7) is 6.77. The first kappa shape index (κ1) is 19.4. The van der Waals surface area contributed by atoms with Gasteiger partial charge in [0.15, 0.2) is 0 Å². The Hall–Kier alpha value is -1.40. The number of benzene rings is 1. The van der Waals surface area contributed by atoms with Gasteiger partial charge in [-0.15, -0.1) is 0 Å². The van der Waals surface area contributed by atoms with Crippen LogP contribution in [0.25, 0.3) is 0 Å². The summed E-state index contributed by atoms with van der Waals surface area (Å²) in [6.07, 6.45) is 6.13. The monoisotopic (exact) mass is 378 g/mol. The van der Waals surface area contributed by atoms with Crippen molar-refractivity contribution in [3.63, 3.8) is 0 Å². The predicted octanol–water partition coefficient (Wildman–Crippen LogP) is 3.07. The Kier molecular flexibility index (Phi) is 5.72. The van der Waals surface area contributed by atoms with Crippen molar-refractivity contribution < 1.29 is 13.2 Å². The smallest absolute Gasteiger partial charge is 0.241 e. The number of hydrogen-bond donors (Lipinski definition) is 1. The summed E-state index contributed by atoms with van der Waals surface area (Å²) in [7, 11) is -3.58. The van der Waals surface area contributed by atoms with Gasteiger partial charge in [0.05, 0.1) is 4.90 Å². The van der Waals surface area contributed by atoms with E-state index in [1.54, 1.807) is 0 Å². The van der Waals surface area contributed by atoms with Gasteiger partial charge in [-0.1, -0.05) is 37.0 Å². The Morgan fingerprint density at radius 3 is 2.27 bits per heavy atom. The van der Waals surface area contributed by atoms with Gasteiger partial charge in [-0.25, -0.2) is 13.1 Å². The second kappa shape index (κ2) is 7.69. The molecule has 144 valence electrons. The average Bonchev–Trinajstić information content (AvgIpc) is 3.01. The highest BCUT2D eigenvalue weighted by molar-refractivity contribution is 7.89. The summed E-state index contributed by atoms with van der Waals surface area (Å²) in [5, 5.41) is 0. The topological polar surface area (TPSA) is 66.5 Å². The van der Waals surface area contributed by atoms with Crippen LogP contribution in [-0.2, 0) is 14.8 Å². The van der Waals surface area contributed by atoms with Gasteiger partial charge in [-0.2, -0.15) is 0 Å². The van der Waals surface area contributed by atoms with E-state index < -0.39 is 10.0 Å². The number of carbonyl (C=O) groups excluding carboxylic acids is 1. The SMILES string of the molecule is Cc1cc(C)c(S(=O)(=O)NC2CCN(C(=O)C3CCCCC3)C2)c(C)c1. The molecular formula is C20H30N2O3S. The van der Waals surface area contributed by atoms with Crippen molar-refractivity contribution in [2.45, 2.75) is 70.2 Å². The number of nitrogens with one attached hydrogen (secondary N) is 1. The number of rotatable bonds is 4. The fraction of sp³-hybridized carbons (Fsp3) is 0.650. The second-order valence-electron chi connectivity index (χ2n) is 7.95. The third kappa shape index (κ3) is 4.12. The number of nitrogens with zero attached hydrogens (tertiary/aromatic N) is 1. The minimum absolute atomic E-state index is 0.140. The molecule has 1 saturated carbocycles. The first-order chi connectivity index (χ1) is 12.3. The van der Waals surface area contributed by atoms with E-state index >= 15 is 0 Å². The molecule has 2 fully saturated rings. The zero-order valence-corrected chi connectivity index (χ0v) is 16.9. The van der Waals surface area contributed by atoms with Crippen LogP contribution in [0.4, 0.5) is 0 Å². The minimum atomic E-state index is -3.58. The lowest BCUT2D eigenvalue weighted by atomic mass is 9.88. The number of aryl methyl sites for hydroxylation is 3. The van der Waals surface area contributed by atoms with Gasteiger partial charge in [-0.3, -0.25) is 4.79 Å². The van der Waals surface area contributed by atoms with Crippen molar-refractivity contribution in [2.24, 2.45) is 5.92 Å². The molecular weight excluding hydrogens is 348 g/mol. The molecule has 1 heterocycles. The molecule has 3 rings (SSSR count). The lowest BCUT2D eigenvalue weighted by Gasteiger charge is -2.26. The summed E-state index contributed by atoms with van der Waals surface area (Å²) >= 11 is 0. The highest BCUT2D eigenvalue weighted by Gasteiger charge is 2.34. The summed E-state index contributed by atoms with van der Waals surface area (Å²) in [5.41, 5.74) is 2.59. The highest BCUT2D eigenvalue weighted by Crippen LogP contribution is 2.27. The van der Waals surface area contributed by atoms with Crippen LogP contribution in [0.2, 0.25) is 0 Å². The van der Waals surface area contributed by atoms with E-state index in [9.17, 15) is 13.2 Å². The molecule has 1 aliphatic heterocycles. The standard InChI is InChI=1S/C20H30N2O3S/c1-14-11-15(2)19(16(3)12-14)26(24,25)21-18-9-10-22(13-18)20(23)17-7-5-4-6-8-17/h11-12,17-18,21H,4-10,13H2,1-3H3. The van der Waals surface area contributed by atoms with Crippen LogP contribution in [-0.4, -0.2) is 38.4 Å². The molecule has 0 aromatic heterocycles. The van der Waals surface area contributed by atoms with Gasteiger partial charge >= 0.3 is 0 Å². The zero-order chi connectivity index (χ0) is 18.9. The number of sulfonamides is 1. The molecule has 1 aromatic carbocycles. The number of carbonyl (C=O) groups is 1. The molecule has 1 saturated heterocycles. The minimum Gasteiger partial charge on any atom is -0.341 e. The van der Waals surface area contributed by atoms with Gasteiger partial charge < -0.3 is 4.90 Å². The first-order valence-electron chi connectivity index (χ1n) is 9.67. The van der Waals surface area contributed by atoms with E-state index in [0.29, 0.717) is 24.4 Å². The number of likely N-dealkylation sites (tertiary alicyclic amines) is 1. The third-order valence-electron chi connectivity index (χ3n) is 5.65. The van der Waals surface area contributed by atoms with Gasteiger partial charge in [0.2, 0.25) is 15.9 Å². The van der Waals surface area contributed by atoms with Gasteiger partial charge in [0.1, 0.15) is 0 Å². The fourth-order valence-electron chi connectivity index (χ4n) is 4.53. The highest BCUT2D eigenvalue weighted by atomic mass is 32.2. The van der Waals surface area contributed by atoms with E-state index in [1.165, 1.54) is 6.42 Å². The van der Waals surface area contributed by atoms with E-state index in [-0.39, 0.29) is 17.9 Å². The second-order valence-corrected chi connectivity index (χ2v) is 9.60. The normalized spacial score (nSPS) is 22.0. The Morgan fingerprint density at radius 2 is 1.65 bits per heavy atom. The fourth-order valence-corrected chi connectivity index (χ4v) is 6.25. The van der Waals surface area contributed by atoms with Crippen LogP contribution in [0, 0.1) is 26.7 Å². The van der Waals surface area contributed by atoms with Crippen LogP contribution in [0.3, 0.4) is 0 Å². The Bertz CT molecular complexity index is 759. The maximum Gasteiger partial charge on any atom is 0.241 e. The largest absolute Gasteiger partial charge is 0.341 e.